The first-order valence-electron chi connectivity index (χ1n) is 8.89. The Labute approximate surface area is 138 Å². The van der Waals surface area contributed by atoms with E-state index in [2.05, 4.69) is 12.1 Å². The van der Waals surface area contributed by atoms with E-state index < -0.39 is 0 Å². The zero-order valence-electron chi connectivity index (χ0n) is 14.2. The van der Waals surface area contributed by atoms with Gasteiger partial charge in [-0.25, -0.2) is 0 Å². The fourth-order valence-corrected chi connectivity index (χ4v) is 5.10. The zero-order chi connectivity index (χ0) is 16.4. The van der Waals surface area contributed by atoms with Gasteiger partial charge in [-0.05, 0) is 38.0 Å². The Hall–Kier alpha value is -1.34. The summed E-state index contributed by atoms with van der Waals surface area (Å²) in [5, 5.41) is 9.76. The third-order valence-corrected chi connectivity index (χ3v) is 6.17. The van der Waals surface area contributed by atoms with Crippen LogP contribution in [0.4, 0.5) is 0 Å². The van der Waals surface area contributed by atoms with Crippen molar-refractivity contribution < 1.29 is 14.3 Å². The maximum atomic E-state index is 11.3. The second-order valence-electron chi connectivity index (χ2n) is 7.45. The molecule has 4 nitrogen and oxygen atoms in total. The number of carbonyl (C=O) groups is 1. The maximum absolute atomic E-state index is 11.3. The van der Waals surface area contributed by atoms with Crippen LogP contribution in [0.1, 0.15) is 58.3 Å². The van der Waals surface area contributed by atoms with Crippen molar-refractivity contribution >= 4 is 5.97 Å². The lowest BCUT2D eigenvalue weighted by Crippen LogP contribution is -2.44. The molecule has 3 aliphatic rings. The molecule has 1 unspecified atom stereocenters. The largest absolute Gasteiger partial charge is 0.462 e. The van der Waals surface area contributed by atoms with E-state index in [-0.39, 0.29) is 29.5 Å². The minimum absolute atomic E-state index is 0.0161. The summed E-state index contributed by atoms with van der Waals surface area (Å²) in [6, 6.07) is 2.55. The average Bonchev–Trinajstić information content (AvgIpc) is 2.82. The first-order valence-corrected chi connectivity index (χ1v) is 8.89. The van der Waals surface area contributed by atoms with E-state index in [4.69, 9.17) is 9.47 Å². The van der Waals surface area contributed by atoms with Crippen LogP contribution in [-0.4, -0.2) is 24.8 Å². The van der Waals surface area contributed by atoms with E-state index >= 15 is 0 Å². The second-order valence-corrected chi connectivity index (χ2v) is 7.45. The molecule has 0 radical (unpaired) electrons. The Morgan fingerprint density at radius 2 is 2.26 bits per heavy atom. The number of hydrogen-bond donors (Lipinski definition) is 0. The molecule has 0 aliphatic heterocycles. The molecule has 0 aromatic carbocycles. The summed E-state index contributed by atoms with van der Waals surface area (Å²) in [4.78, 5) is 11.3. The highest BCUT2D eigenvalue weighted by Gasteiger charge is 2.49. The lowest BCUT2D eigenvalue weighted by Gasteiger charge is -2.44. The predicted octanol–water partition coefficient (Wildman–Crippen LogP) is 3.76. The number of carbonyl (C=O) groups excluding carboxylic acids is 1. The van der Waals surface area contributed by atoms with Crippen LogP contribution in [0.5, 0.6) is 0 Å². The number of nitriles is 1. The Balaban J connectivity index is 1.94. The van der Waals surface area contributed by atoms with Gasteiger partial charge in [0.15, 0.2) is 0 Å². The molecule has 0 N–H and O–H groups in total. The molecule has 0 spiro atoms. The van der Waals surface area contributed by atoms with E-state index in [1.807, 2.05) is 7.11 Å². The van der Waals surface area contributed by atoms with Crippen molar-refractivity contribution in [1.82, 2.24) is 0 Å². The number of methoxy groups -OCH3 is 1. The summed E-state index contributed by atoms with van der Waals surface area (Å²) in [7, 11) is 1.82. The lowest BCUT2D eigenvalue weighted by atomic mass is 9.69. The summed E-state index contributed by atoms with van der Waals surface area (Å²) < 4.78 is 11.5. The molecule has 126 valence electrons. The summed E-state index contributed by atoms with van der Waals surface area (Å²) in [6.07, 6.45) is 10.2. The van der Waals surface area contributed by atoms with E-state index in [9.17, 15) is 10.1 Å². The lowest BCUT2D eigenvalue weighted by molar-refractivity contribution is -0.147. The Bertz CT molecular complexity index is 535. The molecule has 2 saturated carbocycles. The summed E-state index contributed by atoms with van der Waals surface area (Å²) in [6.45, 7) is 1.47. The van der Waals surface area contributed by atoms with Gasteiger partial charge in [-0.15, -0.1) is 0 Å². The van der Waals surface area contributed by atoms with Crippen LogP contribution in [0.25, 0.3) is 0 Å². The third kappa shape index (κ3) is 3.17. The van der Waals surface area contributed by atoms with Gasteiger partial charge in [0.2, 0.25) is 0 Å². The van der Waals surface area contributed by atoms with Gasteiger partial charge >= 0.3 is 5.97 Å². The number of fused-ring (bicyclic) bond motifs is 4. The van der Waals surface area contributed by atoms with Crippen molar-refractivity contribution in [1.29, 1.82) is 5.26 Å². The monoisotopic (exact) mass is 317 g/mol. The Morgan fingerprint density at radius 1 is 1.43 bits per heavy atom. The van der Waals surface area contributed by atoms with Crippen molar-refractivity contribution in [3.05, 3.63) is 11.6 Å². The van der Waals surface area contributed by atoms with Gasteiger partial charge in [-0.2, -0.15) is 5.26 Å². The molecule has 0 amide bonds. The second kappa shape index (κ2) is 6.65. The first-order chi connectivity index (χ1) is 11.1. The Kier molecular flexibility index (Phi) is 4.77. The summed E-state index contributed by atoms with van der Waals surface area (Å²) >= 11 is 0. The minimum Gasteiger partial charge on any atom is -0.462 e. The van der Waals surface area contributed by atoms with Crippen LogP contribution < -0.4 is 0 Å². The van der Waals surface area contributed by atoms with Crippen LogP contribution in [0, 0.1) is 29.1 Å². The predicted molar refractivity (Wildman–Crippen MR) is 86.4 cm³/mol. The van der Waals surface area contributed by atoms with Crippen LogP contribution in [0.2, 0.25) is 0 Å². The van der Waals surface area contributed by atoms with Crippen LogP contribution in [-0.2, 0) is 14.3 Å². The molecular formula is C19H27NO3. The van der Waals surface area contributed by atoms with Crippen molar-refractivity contribution in [3.8, 4) is 6.07 Å². The molecule has 3 rings (SSSR count). The maximum Gasteiger partial charge on any atom is 0.302 e. The van der Waals surface area contributed by atoms with Crippen LogP contribution in [0.15, 0.2) is 11.6 Å². The van der Waals surface area contributed by atoms with Gasteiger partial charge in [-0.1, -0.05) is 24.5 Å². The van der Waals surface area contributed by atoms with Crippen LogP contribution in [0.3, 0.4) is 0 Å². The first kappa shape index (κ1) is 16.5. The standard InChI is InChI=1S/C19H27NO3/c1-13(21)23-17-7-6-14-9-15(10-17)16(12-20)11-19(22-2)8-4-3-5-18(14)19/h6,15-18H,3-5,7-11H2,1-2H3/t15-,16-,17-,18?,19+/m0/s1. The van der Waals surface area contributed by atoms with Gasteiger partial charge in [0.25, 0.3) is 0 Å². The molecular weight excluding hydrogens is 290 g/mol. The fourth-order valence-electron chi connectivity index (χ4n) is 5.10. The molecule has 4 heteroatoms. The number of ether oxygens (including phenoxy) is 2. The molecule has 0 saturated heterocycles. The van der Waals surface area contributed by atoms with Crippen LogP contribution >= 0.6 is 0 Å². The molecule has 0 aromatic rings. The molecule has 5 atom stereocenters. The molecule has 0 heterocycles. The quantitative estimate of drug-likeness (QED) is 0.574. The Morgan fingerprint density at radius 3 is 2.96 bits per heavy atom. The smallest absolute Gasteiger partial charge is 0.302 e. The average molecular weight is 317 g/mol. The highest BCUT2D eigenvalue weighted by Crippen LogP contribution is 2.52. The van der Waals surface area contributed by atoms with Crippen molar-refractivity contribution in [2.45, 2.75) is 70.0 Å². The zero-order valence-corrected chi connectivity index (χ0v) is 14.2. The number of hydrogen-bond acceptors (Lipinski definition) is 4. The van der Waals surface area contributed by atoms with Gasteiger partial charge in [0, 0.05) is 26.4 Å². The topological polar surface area (TPSA) is 59.3 Å². The molecule has 3 aliphatic carbocycles. The van der Waals surface area contributed by atoms with Crippen molar-refractivity contribution in [2.75, 3.05) is 7.11 Å². The van der Waals surface area contributed by atoms with Gasteiger partial charge in [0.05, 0.1) is 17.6 Å². The number of nitrogens with zero attached hydrogens (tertiary/aromatic N) is 1. The van der Waals surface area contributed by atoms with E-state index in [1.165, 1.54) is 25.3 Å². The summed E-state index contributed by atoms with van der Waals surface area (Å²) in [5.41, 5.74) is 1.29. The van der Waals surface area contributed by atoms with Crippen molar-refractivity contribution in [3.63, 3.8) is 0 Å². The van der Waals surface area contributed by atoms with E-state index in [0.717, 1.165) is 38.5 Å². The fraction of sp³-hybridized carbons (Fsp3) is 0.789. The molecule has 23 heavy (non-hydrogen) atoms. The molecule has 2 fully saturated rings. The van der Waals surface area contributed by atoms with E-state index in [0.29, 0.717) is 5.92 Å². The number of esters is 1. The summed E-state index contributed by atoms with van der Waals surface area (Å²) in [5.74, 6) is 0.464. The number of rotatable bonds is 2. The highest BCUT2D eigenvalue weighted by atomic mass is 16.5. The normalized spacial score (nSPS) is 40.0. The van der Waals surface area contributed by atoms with Crippen molar-refractivity contribution in [2.24, 2.45) is 17.8 Å². The van der Waals surface area contributed by atoms with Gasteiger partial charge < -0.3 is 9.47 Å². The molecule has 2 bridgehead atoms. The van der Waals surface area contributed by atoms with E-state index in [1.54, 1.807) is 0 Å². The third-order valence-electron chi connectivity index (χ3n) is 6.17. The van der Waals surface area contributed by atoms with Gasteiger partial charge in [-0.3, -0.25) is 4.79 Å². The highest BCUT2D eigenvalue weighted by molar-refractivity contribution is 5.66. The molecule has 0 aromatic heterocycles. The SMILES string of the molecule is CO[C@@]12CCCCC1C1=CC[C@H](OC(C)=O)C[C@H](C1)[C@H](C#N)C2. The minimum atomic E-state index is -0.222. The van der Waals surface area contributed by atoms with Gasteiger partial charge in [0.1, 0.15) is 6.10 Å².